The van der Waals surface area contributed by atoms with E-state index >= 15 is 4.39 Å². The molecule has 0 fully saturated rings. The highest BCUT2D eigenvalue weighted by Crippen LogP contribution is 2.35. The second kappa shape index (κ2) is 8.97. The normalized spacial score (nSPS) is 12.0. The fourth-order valence-electron chi connectivity index (χ4n) is 3.86. The number of benzene rings is 1. The molecule has 182 valence electrons. The number of phenols is 1. The van der Waals surface area contributed by atoms with Crippen LogP contribution < -0.4 is 5.69 Å². The standard InChI is InChI=1S/C23H19ClF2N4O4S/c1-11(2)19-21(12(3)7-8-27-19)30-22-13(16(28-23(30)32)10-35(24,33)34)9-15(26)20(29-22)18-14(25)5-4-6-17(18)31/h4-9,11,31H,10H2,1-3H3. The van der Waals surface area contributed by atoms with Gasteiger partial charge >= 0.3 is 5.69 Å². The number of aryl methyl sites for hydroxylation is 1. The molecule has 0 saturated carbocycles. The van der Waals surface area contributed by atoms with Crippen LogP contribution in [0.25, 0.3) is 28.0 Å². The van der Waals surface area contributed by atoms with Crippen LogP contribution in [-0.2, 0) is 14.8 Å². The number of hydrogen-bond donors (Lipinski definition) is 1. The largest absolute Gasteiger partial charge is 0.507 e. The van der Waals surface area contributed by atoms with Crippen molar-refractivity contribution in [1.82, 2.24) is 19.5 Å². The first-order valence-corrected chi connectivity index (χ1v) is 12.8. The Bertz CT molecular complexity index is 1640. The van der Waals surface area contributed by atoms with Crippen LogP contribution in [0.2, 0.25) is 0 Å². The molecule has 0 amide bonds. The van der Waals surface area contributed by atoms with Gasteiger partial charge in [0.05, 0.1) is 22.6 Å². The lowest BCUT2D eigenvalue weighted by molar-refractivity contribution is 0.470. The third-order valence-corrected chi connectivity index (χ3v) is 6.31. The minimum absolute atomic E-state index is 0.121. The molecule has 0 aliphatic rings. The molecule has 4 aromatic rings. The lowest BCUT2D eigenvalue weighted by atomic mass is 10.0. The first-order chi connectivity index (χ1) is 16.4. The molecule has 1 aromatic carbocycles. The number of pyridine rings is 2. The summed E-state index contributed by atoms with van der Waals surface area (Å²) in [6.45, 7) is 5.44. The van der Waals surface area contributed by atoms with Crippen molar-refractivity contribution in [3.8, 4) is 22.7 Å². The van der Waals surface area contributed by atoms with E-state index in [9.17, 15) is 22.7 Å². The zero-order chi connectivity index (χ0) is 25.7. The van der Waals surface area contributed by atoms with Gasteiger partial charge in [0.2, 0.25) is 9.05 Å². The quantitative estimate of drug-likeness (QED) is 0.389. The van der Waals surface area contributed by atoms with E-state index in [4.69, 9.17) is 10.7 Å². The van der Waals surface area contributed by atoms with Crippen molar-refractivity contribution in [2.75, 3.05) is 0 Å². The van der Waals surface area contributed by atoms with Gasteiger partial charge in [-0.2, -0.15) is 4.98 Å². The van der Waals surface area contributed by atoms with Gasteiger partial charge in [-0.3, -0.25) is 4.98 Å². The summed E-state index contributed by atoms with van der Waals surface area (Å²) < 4.78 is 54.5. The number of aromatic hydroxyl groups is 1. The molecule has 0 saturated heterocycles. The molecule has 0 bridgehead atoms. The molecule has 0 atom stereocenters. The highest BCUT2D eigenvalue weighted by atomic mass is 35.7. The zero-order valence-corrected chi connectivity index (χ0v) is 20.3. The molecule has 1 N–H and O–H groups in total. The lowest BCUT2D eigenvalue weighted by Crippen LogP contribution is -2.27. The van der Waals surface area contributed by atoms with Crippen LogP contribution in [-0.4, -0.2) is 33.0 Å². The Morgan fingerprint density at radius 3 is 2.49 bits per heavy atom. The maximum Gasteiger partial charge on any atom is 0.354 e. The van der Waals surface area contributed by atoms with E-state index in [2.05, 4.69) is 15.0 Å². The molecule has 8 nitrogen and oxygen atoms in total. The summed E-state index contributed by atoms with van der Waals surface area (Å²) in [7, 11) is 1.21. The predicted octanol–water partition coefficient (Wildman–Crippen LogP) is 4.33. The summed E-state index contributed by atoms with van der Waals surface area (Å²) in [5.41, 5.74) is -1.05. The molecule has 0 spiro atoms. The van der Waals surface area contributed by atoms with Gasteiger partial charge in [-0.05, 0) is 42.7 Å². The topological polar surface area (TPSA) is 115 Å². The van der Waals surface area contributed by atoms with Crippen molar-refractivity contribution >= 4 is 30.8 Å². The Morgan fingerprint density at radius 1 is 1.14 bits per heavy atom. The molecule has 0 aliphatic heterocycles. The Kier molecular flexibility index (Phi) is 6.32. The molecule has 0 unspecified atom stereocenters. The summed E-state index contributed by atoms with van der Waals surface area (Å²) in [5.74, 6) is -3.59. The molecule has 4 rings (SSSR count). The van der Waals surface area contributed by atoms with Crippen LogP contribution in [0.15, 0.2) is 41.3 Å². The number of nitrogens with zero attached hydrogens (tertiary/aromatic N) is 4. The number of phenolic OH excluding ortho intramolecular Hbond substituents is 1. The average Bonchev–Trinajstić information content (AvgIpc) is 2.74. The van der Waals surface area contributed by atoms with Crippen LogP contribution in [0.4, 0.5) is 8.78 Å². The van der Waals surface area contributed by atoms with Gasteiger partial charge in [-0.25, -0.2) is 31.5 Å². The first kappa shape index (κ1) is 24.7. The van der Waals surface area contributed by atoms with Crippen molar-refractivity contribution in [3.63, 3.8) is 0 Å². The van der Waals surface area contributed by atoms with Crippen molar-refractivity contribution in [1.29, 1.82) is 0 Å². The van der Waals surface area contributed by atoms with Crippen LogP contribution in [0.5, 0.6) is 5.75 Å². The van der Waals surface area contributed by atoms with Gasteiger partial charge < -0.3 is 5.11 Å². The molecular weight excluding hydrogens is 502 g/mol. The van der Waals surface area contributed by atoms with E-state index in [1.165, 1.54) is 6.07 Å². The number of rotatable bonds is 5. The van der Waals surface area contributed by atoms with Crippen molar-refractivity contribution in [2.24, 2.45) is 0 Å². The number of halogens is 3. The number of fused-ring (bicyclic) bond motifs is 1. The smallest absolute Gasteiger partial charge is 0.354 e. The number of aromatic nitrogens is 4. The van der Waals surface area contributed by atoms with Crippen molar-refractivity contribution in [3.05, 3.63) is 75.6 Å². The Labute approximate surface area is 203 Å². The molecule has 0 aliphatic carbocycles. The van der Waals surface area contributed by atoms with E-state index in [0.29, 0.717) is 16.9 Å². The summed E-state index contributed by atoms with van der Waals surface area (Å²) in [6, 6.07) is 5.98. The Hall–Kier alpha value is -3.44. The van der Waals surface area contributed by atoms with Gasteiger partial charge in [-0.15, -0.1) is 0 Å². The average molecular weight is 521 g/mol. The highest BCUT2D eigenvalue weighted by molar-refractivity contribution is 8.13. The predicted molar refractivity (Wildman–Crippen MR) is 127 cm³/mol. The Balaban J connectivity index is 2.21. The second-order valence-corrected chi connectivity index (χ2v) is 11.0. The first-order valence-electron chi connectivity index (χ1n) is 10.4. The summed E-state index contributed by atoms with van der Waals surface area (Å²) >= 11 is 0. The minimum Gasteiger partial charge on any atom is -0.507 e. The highest BCUT2D eigenvalue weighted by Gasteiger charge is 2.25. The lowest BCUT2D eigenvalue weighted by Gasteiger charge is -2.19. The van der Waals surface area contributed by atoms with Gasteiger partial charge in [0, 0.05) is 22.3 Å². The van der Waals surface area contributed by atoms with Crippen LogP contribution in [0.1, 0.15) is 36.7 Å². The van der Waals surface area contributed by atoms with Crippen molar-refractivity contribution < 1.29 is 22.3 Å². The van der Waals surface area contributed by atoms with Crippen LogP contribution in [0, 0.1) is 18.6 Å². The van der Waals surface area contributed by atoms with Gasteiger partial charge in [-0.1, -0.05) is 19.9 Å². The summed E-state index contributed by atoms with van der Waals surface area (Å²) in [6.07, 6.45) is 1.57. The second-order valence-electron chi connectivity index (χ2n) is 8.20. The molecule has 3 heterocycles. The summed E-state index contributed by atoms with van der Waals surface area (Å²) in [4.78, 5) is 25.7. The van der Waals surface area contributed by atoms with Gasteiger partial charge in [0.25, 0.3) is 0 Å². The molecular formula is C23H19ClF2N4O4S. The van der Waals surface area contributed by atoms with E-state index < -0.39 is 49.1 Å². The third kappa shape index (κ3) is 4.61. The zero-order valence-electron chi connectivity index (χ0n) is 18.8. The maximum atomic E-state index is 15.2. The fraction of sp³-hybridized carbons (Fsp3) is 0.217. The van der Waals surface area contributed by atoms with Crippen LogP contribution in [0.3, 0.4) is 0 Å². The maximum absolute atomic E-state index is 15.2. The van der Waals surface area contributed by atoms with E-state index in [0.717, 1.165) is 22.8 Å². The number of hydrogen-bond acceptors (Lipinski definition) is 7. The van der Waals surface area contributed by atoms with Gasteiger partial charge in [0.1, 0.15) is 23.0 Å². The van der Waals surface area contributed by atoms with Crippen LogP contribution >= 0.6 is 10.7 Å². The van der Waals surface area contributed by atoms with E-state index in [1.54, 1.807) is 19.2 Å². The van der Waals surface area contributed by atoms with E-state index in [-0.39, 0.29) is 22.6 Å². The van der Waals surface area contributed by atoms with Gasteiger partial charge in [0.15, 0.2) is 11.5 Å². The molecule has 35 heavy (non-hydrogen) atoms. The monoisotopic (exact) mass is 520 g/mol. The molecule has 12 heteroatoms. The SMILES string of the molecule is Cc1ccnc(C(C)C)c1-n1c(=O)nc(CS(=O)(=O)Cl)c2cc(F)c(-c3c(O)cccc3F)nc21. The van der Waals surface area contributed by atoms with Crippen molar-refractivity contribution in [2.45, 2.75) is 32.4 Å². The molecule has 3 aromatic heterocycles. The van der Waals surface area contributed by atoms with E-state index in [1.807, 2.05) is 13.8 Å². The fourth-order valence-corrected chi connectivity index (χ4v) is 4.72. The summed E-state index contributed by atoms with van der Waals surface area (Å²) in [5, 5.41) is 10.1. The third-order valence-electron chi connectivity index (χ3n) is 5.36. The minimum atomic E-state index is -4.18. The molecule has 0 radical (unpaired) electrons. The Morgan fingerprint density at radius 2 is 1.86 bits per heavy atom.